The number of carbonyl (C=O) groups is 1. The summed E-state index contributed by atoms with van der Waals surface area (Å²) in [6, 6.07) is 3.88. The Hall–Kier alpha value is -2.15. The molecule has 1 aromatic rings. The zero-order chi connectivity index (χ0) is 13.5. The molecule has 7 heteroatoms. The van der Waals surface area contributed by atoms with E-state index in [1.165, 1.54) is 18.2 Å². The van der Waals surface area contributed by atoms with Crippen LogP contribution in [0.2, 0.25) is 0 Å². The van der Waals surface area contributed by atoms with Crippen molar-refractivity contribution in [1.82, 2.24) is 0 Å². The Morgan fingerprint density at radius 2 is 2.28 bits per heavy atom. The van der Waals surface area contributed by atoms with Gasteiger partial charge in [0.2, 0.25) is 0 Å². The fourth-order valence-electron chi connectivity index (χ4n) is 1.39. The monoisotopic (exact) mass is 254 g/mol. The number of anilines is 1. The number of rotatable bonds is 7. The molecule has 2 N–H and O–H groups in total. The molecule has 0 spiro atoms. The van der Waals surface area contributed by atoms with E-state index < -0.39 is 16.6 Å². The van der Waals surface area contributed by atoms with Gasteiger partial charge in [0.05, 0.1) is 11.5 Å². The number of benzene rings is 1. The van der Waals surface area contributed by atoms with Crippen molar-refractivity contribution >= 4 is 17.3 Å². The minimum Gasteiger partial charge on any atom is -0.477 e. The Kier molecular flexibility index (Phi) is 5.06. The summed E-state index contributed by atoms with van der Waals surface area (Å²) >= 11 is 0. The third kappa shape index (κ3) is 3.70. The molecule has 0 atom stereocenters. The summed E-state index contributed by atoms with van der Waals surface area (Å²) in [5.41, 5.74) is -0.239. The highest BCUT2D eigenvalue weighted by Crippen LogP contribution is 2.22. The van der Waals surface area contributed by atoms with Gasteiger partial charge in [-0.15, -0.1) is 0 Å². The average molecular weight is 254 g/mol. The molecule has 0 aliphatic carbocycles. The van der Waals surface area contributed by atoms with Crippen LogP contribution in [-0.4, -0.2) is 35.8 Å². The van der Waals surface area contributed by atoms with Crippen molar-refractivity contribution < 1.29 is 19.6 Å². The SMILES string of the molecule is CCOCCNc1ccc([N+](=O)[O-])c(C(=O)O)c1. The second kappa shape index (κ2) is 6.55. The molecule has 18 heavy (non-hydrogen) atoms. The van der Waals surface area contributed by atoms with Crippen LogP contribution in [0.4, 0.5) is 11.4 Å². The Labute approximate surface area is 104 Å². The van der Waals surface area contributed by atoms with Crippen LogP contribution >= 0.6 is 0 Å². The van der Waals surface area contributed by atoms with E-state index >= 15 is 0 Å². The fraction of sp³-hybridized carbons (Fsp3) is 0.364. The summed E-state index contributed by atoms with van der Waals surface area (Å²) in [5.74, 6) is -1.32. The van der Waals surface area contributed by atoms with Gasteiger partial charge in [-0.25, -0.2) is 4.79 Å². The van der Waals surface area contributed by atoms with Crippen molar-refractivity contribution in [3.05, 3.63) is 33.9 Å². The van der Waals surface area contributed by atoms with Crippen LogP contribution < -0.4 is 5.32 Å². The summed E-state index contributed by atoms with van der Waals surface area (Å²) in [5, 5.41) is 22.5. The van der Waals surface area contributed by atoms with Gasteiger partial charge in [0.1, 0.15) is 5.56 Å². The number of ether oxygens (including phenoxy) is 1. The fourth-order valence-corrected chi connectivity index (χ4v) is 1.39. The van der Waals surface area contributed by atoms with Crippen LogP contribution in [0, 0.1) is 10.1 Å². The smallest absolute Gasteiger partial charge is 0.342 e. The molecule has 0 aliphatic heterocycles. The number of hydrogen-bond acceptors (Lipinski definition) is 5. The Morgan fingerprint density at radius 3 is 2.83 bits per heavy atom. The van der Waals surface area contributed by atoms with E-state index in [0.717, 1.165) is 0 Å². The Balaban J connectivity index is 2.80. The summed E-state index contributed by atoms with van der Waals surface area (Å²) < 4.78 is 5.11. The number of aromatic carboxylic acids is 1. The van der Waals surface area contributed by atoms with Gasteiger partial charge in [0.25, 0.3) is 5.69 Å². The van der Waals surface area contributed by atoms with Gasteiger partial charge >= 0.3 is 5.97 Å². The topological polar surface area (TPSA) is 102 Å². The van der Waals surface area contributed by atoms with E-state index in [-0.39, 0.29) is 5.56 Å². The molecule has 0 fully saturated rings. The number of nitrogens with one attached hydrogen (secondary N) is 1. The Morgan fingerprint density at radius 1 is 1.56 bits per heavy atom. The Bertz CT molecular complexity index is 447. The summed E-state index contributed by atoms with van der Waals surface area (Å²) in [6.45, 7) is 3.46. The van der Waals surface area contributed by atoms with Crippen LogP contribution in [0.1, 0.15) is 17.3 Å². The third-order valence-corrected chi connectivity index (χ3v) is 2.20. The molecular weight excluding hydrogens is 240 g/mol. The molecule has 0 bridgehead atoms. The second-order valence-electron chi connectivity index (χ2n) is 3.42. The van der Waals surface area contributed by atoms with Crippen LogP contribution in [0.15, 0.2) is 18.2 Å². The van der Waals surface area contributed by atoms with Gasteiger partial charge in [-0.05, 0) is 19.1 Å². The lowest BCUT2D eigenvalue weighted by Crippen LogP contribution is -2.10. The van der Waals surface area contributed by atoms with Crippen molar-refractivity contribution in [2.45, 2.75) is 6.92 Å². The lowest BCUT2D eigenvalue weighted by molar-refractivity contribution is -0.385. The summed E-state index contributed by atoms with van der Waals surface area (Å²) in [6.07, 6.45) is 0. The molecular formula is C11H14N2O5. The van der Waals surface area contributed by atoms with Crippen LogP contribution in [-0.2, 0) is 4.74 Å². The first-order valence-corrected chi connectivity index (χ1v) is 5.39. The molecule has 0 unspecified atom stereocenters. The molecule has 0 heterocycles. The number of nitro benzene ring substituents is 1. The largest absolute Gasteiger partial charge is 0.477 e. The number of nitro groups is 1. The first-order valence-electron chi connectivity index (χ1n) is 5.39. The minimum absolute atomic E-state index is 0.332. The zero-order valence-electron chi connectivity index (χ0n) is 9.88. The predicted molar refractivity (Wildman–Crippen MR) is 65.0 cm³/mol. The van der Waals surface area contributed by atoms with E-state index in [1.807, 2.05) is 6.92 Å². The van der Waals surface area contributed by atoms with Crippen LogP contribution in [0.3, 0.4) is 0 Å². The van der Waals surface area contributed by atoms with Crippen molar-refractivity contribution in [2.24, 2.45) is 0 Å². The highest BCUT2D eigenvalue weighted by Gasteiger charge is 2.19. The molecule has 98 valence electrons. The van der Waals surface area contributed by atoms with Crippen molar-refractivity contribution in [3.8, 4) is 0 Å². The maximum Gasteiger partial charge on any atom is 0.342 e. The number of hydrogen-bond donors (Lipinski definition) is 2. The van der Waals surface area contributed by atoms with Crippen LogP contribution in [0.25, 0.3) is 0 Å². The highest BCUT2D eigenvalue weighted by atomic mass is 16.6. The standard InChI is InChI=1S/C11H14N2O5/c1-2-18-6-5-12-8-3-4-10(13(16)17)9(7-8)11(14)15/h3-4,7,12H,2,5-6H2,1H3,(H,14,15). The molecule has 7 nitrogen and oxygen atoms in total. The van der Waals surface area contributed by atoms with Gasteiger partial charge < -0.3 is 15.2 Å². The quantitative estimate of drug-likeness (QED) is 0.436. The summed E-state index contributed by atoms with van der Waals surface area (Å²) in [7, 11) is 0. The van der Waals surface area contributed by atoms with Crippen molar-refractivity contribution in [2.75, 3.05) is 25.1 Å². The molecule has 0 saturated heterocycles. The van der Waals surface area contributed by atoms with Gasteiger partial charge in [-0.3, -0.25) is 10.1 Å². The molecule has 0 radical (unpaired) electrons. The lowest BCUT2D eigenvalue weighted by atomic mass is 10.1. The summed E-state index contributed by atoms with van der Waals surface area (Å²) in [4.78, 5) is 20.8. The van der Waals surface area contributed by atoms with E-state index in [0.29, 0.717) is 25.4 Å². The number of carboxylic acid groups (broad SMARTS) is 1. The highest BCUT2D eigenvalue weighted by molar-refractivity contribution is 5.93. The lowest BCUT2D eigenvalue weighted by Gasteiger charge is -2.07. The van der Waals surface area contributed by atoms with Gasteiger partial charge in [0, 0.05) is 24.9 Å². The van der Waals surface area contributed by atoms with E-state index in [4.69, 9.17) is 9.84 Å². The molecule has 0 amide bonds. The van der Waals surface area contributed by atoms with Crippen molar-refractivity contribution in [1.29, 1.82) is 0 Å². The van der Waals surface area contributed by atoms with E-state index in [1.54, 1.807) is 0 Å². The number of carboxylic acids is 1. The number of nitrogens with zero attached hydrogens (tertiary/aromatic N) is 1. The zero-order valence-corrected chi connectivity index (χ0v) is 9.88. The van der Waals surface area contributed by atoms with E-state index in [9.17, 15) is 14.9 Å². The van der Waals surface area contributed by atoms with Gasteiger partial charge in [-0.2, -0.15) is 0 Å². The molecule has 1 rings (SSSR count). The molecule has 0 aliphatic rings. The maximum absolute atomic E-state index is 10.9. The minimum atomic E-state index is -1.32. The normalized spacial score (nSPS) is 10.1. The second-order valence-corrected chi connectivity index (χ2v) is 3.42. The molecule has 0 aromatic heterocycles. The van der Waals surface area contributed by atoms with Crippen LogP contribution in [0.5, 0.6) is 0 Å². The molecule has 1 aromatic carbocycles. The first kappa shape index (κ1) is 13.9. The van der Waals surface area contributed by atoms with E-state index in [2.05, 4.69) is 5.32 Å². The third-order valence-electron chi connectivity index (χ3n) is 2.20. The first-order chi connectivity index (χ1) is 8.56. The van der Waals surface area contributed by atoms with Gasteiger partial charge in [-0.1, -0.05) is 0 Å². The van der Waals surface area contributed by atoms with Crippen molar-refractivity contribution in [3.63, 3.8) is 0 Å². The maximum atomic E-state index is 10.9. The predicted octanol–water partition coefficient (Wildman–Crippen LogP) is 1.74. The molecule has 0 saturated carbocycles. The average Bonchev–Trinajstić information content (AvgIpc) is 2.34. The van der Waals surface area contributed by atoms with Gasteiger partial charge in [0.15, 0.2) is 0 Å².